The summed E-state index contributed by atoms with van der Waals surface area (Å²) in [7, 11) is 0. The topological polar surface area (TPSA) is 75.9 Å². The van der Waals surface area contributed by atoms with Crippen LogP contribution in [0.5, 0.6) is 0 Å². The Bertz CT molecular complexity index is 418. The Kier molecular flexibility index (Phi) is 4.58. The molecule has 1 aromatic rings. The maximum absolute atomic E-state index is 5.53. The van der Waals surface area contributed by atoms with Crippen LogP contribution in [0.3, 0.4) is 0 Å². The van der Waals surface area contributed by atoms with E-state index < -0.39 is 0 Å². The second kappa shape index (κ2) is 6.19. The highest BCUT2D eigenvalue weighted by Crippen LogP contribution is 2.32. The molecule has 1 saturated carbocycles. The van der Waals surface area contributed by atoms with Crippen molar-refractivity contribution in [1.29, 1.82) is 0 Å². The van der Waals surface area contributed by atoms with Crippen LogP contribution in [-0.4, -0.2) is 16.5 Å². The third kappa shape index (κ3) is 3.35. The minimum absolute atomic E-state index is 0.331. The monoisotopic (exact) mass is 263 g/mol. The molecular formula is C14H25N5. The molecular weight excluding hydrogens is 238 g/mol. The van der Waals surface area contributed by atoms with E-state index in [0.717, 1.165) is 29.8 Å². The number of hydrogen-bond donors (Lipinski definition) is 3. The van der Waals surface area contributed by atoms with Gasteiger partial charge >= 0.3 is 0 Å². The van der Waals surface area contributed by atoms with Gasteiger partial charge in [0.15, 0.2) is 0 Å². The molecule has 0 aliphatic heterocycles. The van der Waals surface area contributed by atoms with Crippen molar-refractivity contribution in [3.8, 4) is 0 Å². The molecule has 1 aromatic heterocycles. The lowest BCUT2D eigenvalue weighted by atomic mass is 10.0. The smallest absolute Gasteiger partial charge is 0.148 e. The maximum atomic E-state index is 5.53. The molecule has 0 radical (unpaired) electrons. The Balaban J connectivity index is 2.07. The molecule has 5 heteroatoms. The van der Waals surface area contributed by atoms with Gasteiger partial charge in [0.1, 0.15) is 18.0 Å². The molecule has 2 unspecified atom stereocenters. The highest BCUT2D eigenvalue weighted by molar-refractivity contribution is 5.58. The molecule has 0 amide bonds. The van der Waals surface area contributed by atoms with E-state index >= 15 is 0 Å². The summed E-state index contributed by atoms with van der Waals surface area (Å²) < 4.78 is 0. The second-order valence-corrected chi connectivity index (χ2v) is 5.95. The first-order chi connectivity index (χ1) is 9.11. The van der Waals surface area contributed by atoms with Crippen molar-refractivity contribution >= 4 is 11.6 Å². The number of nitrogen functional groups attached to an aromatic ring is 1. The van der Waals surface area contributed by atoms with Gasteiger partial charge in [-0.3, -0.25) is 0 Å². The molecule has 1 fully saturated rings. The standard InChI is InChI=1S/C14H25N5/c1-9(2)12-13(17-8-18-14(12)19-15)16-7-11-5-4-10(3)6-11/h8-11H,4-7,15H2,1-3H3,(H2,16,17,18,19). The van der Waals surface area contributed by atoms with Gasteiger partial charge in [-0.2, -0.15) is 0 Å². The van der Waals surface area contributed by atoms with Crippen molar-refractivity contribution in [2.24, 2.45) is 17.7 Å². The second-order valence-electron chi connectivity index (χ2n) is 5.95. The van der Waals surface area contributed by atoms with Crippen molar-refractivity contribution in [2.75, 3.05) is 17.3 Å². The molecule has 1 heterocycles. The van der Waals surface area contributed by atoms with E-state index in [9.17, 15) is 0 Å². The number of nitrogens with zero attached hydrogens (tertiary/aromatic N) is 2. The average molecular weight is 263 g/mol. The van der Waals surface area contributed by atoms with Gasteiger partial charge in [-0.25, -0.2) is 15.8 Å². The molecule has 4 N–H and O–H groups in total. The number of aromatic nitrogens is 2. The summed E-state index contributed by atoms with van der Waals surface area (Å²) in [5, 5.41) is 3.49. The average Bonchev–Trinajstić information content (AvgIpc) is 2.81. The van der Waals surface area contributed by atoms with Crippen LogP contribution >= 0.6 is 0 Å². The van der Waals surface area contributed by atoms with Crippen LogP contribution in [0.25, 0.3) is 0 Å². The summed E-state index contributed by atoms with van der Waals surface area (Å²) in [5.74, 6) is 9.11. The van der Waals surface area contributed by atoms with Gasteiger partial charge in [0.2, 0.25) is 0 Å². The van der Waals surface area contributed by atoms with Gasteiger partial charge in [0.25, 0.3) is 0 Å². The van der Waals surface area contributed by atoms with Gasteiger partial charge < -0.3 is 10.7 Å². The van der Waals surface area contributed by atoms with E-state index in [1.54, 1.807) is 6.33 Å². The highest BCUT2D eigenvalue weighted by Gasteiger charge is 2.22. The molecule has 5 nitrogen and oxygen atoms in total. The van der Waals surface area contributed by atoms with Gasteiger partial charge in [-0.05, 0) is 30.6 Å². The molecule has 1 aliphatic rings. The van der Waals surface area contributed by atoms with Crippen LogP contribution in [-0.2, 0) is 0 Å². The Morgan fingerprint density at radius 2 is 2.05 bits per heavy atom. The summed E-state index contributed by atoms with van der Waals surface area (Å²) in [4.78, 5) is 8.55. The van der Waals surface area contributed by atoms with Crippen LogP contribution in [0.15, 0.2) is 6.33 Å². The SMILES string of the molecule is CC1CCC(CNc2ncnc(NN)c2C(C)C)C1. The highest BCUT2D eigenvalue weighted by atomic mass is 15.3. The number of nitrogens with two attached hydrogens (primary N) is 1. The molecule has 0 spiro atoms. The summed E-state index contributed by atoms with van der Waals surface area (Å²) in [6.45, 7) is 7.58. The van der Waals surface area contributed by atoms with Crippen molar-refractivity contribution in [1.82, 2.24) is 9.97 Å². The predicted octanol–water partition coefficient (Wildman–Crippen LogP) is 2.73. The van der Waals surface area contributed by atoms with Crippen LogP contribution in [0.2, 0.25) is 0 Å². The Morgan fingerprint density at radius 1 is 1.32 bits per heavy atom. The van der Waals surface area contributed by atoms with Crippen molar-refractivity contribution in [3.63, 3.8) is 0 Å². The number of hydrazine groups is 1. The first kappa shape index (κ1) is 14.1. The summed E-state index contributed by atoms with van der Waals surface area (Å²) in [6.07, 6.45) is 5.54. The zero-order chi connectivity index (χ0) is 13.8. The molecule has 19 heavy (non-hydrogen) atoms. The lowest BCUT2D eigenvalue weighted by Gasteiger charge is -2.18. The van der Waals surface area contributed by atoms with E-state index in [1.807, 2.05) is 0 Å². The minimum atomic E-state index is 0.331. The summed E-state index contributed by atoms with van der Waals surface area (Å²) in [6, 6.07) is 0. The summed E-state index contributed by atoms with van der Waals surface area (Å²) >= 11 is 0. The third-order valence-corrected chi connectivity index (χ3v) is 3.96. The lowest BCUT2D eigenvalue weighted by molar-refractivity contribution is 0.536. The van der Waals surface area contributed by atoms with Gasteiger partial charge in [-0.1, -0.05) is 27.2 Å². The Labute approximate surface area is 115 Å². The Hall–Kier alpha value is -1.36. The van der Waals surface area contributed by atoms with Crippen molar-refractivity contribution in [3.05, 3.63) is 11.9 Å². The normalized spacial score (nSPS) is 22.8. The first-order valence-corrected chi connectivity index (χ1v) is 7.17. The van der Waals surface area contributed by atoms with Gasteiger partial charge in [0.05, 0.1) is 0 Å². The van der Waals surface area contributed by atoms with Crippen molar-refractivity contribution in [2.45, 2.75) is 46.0 Å². The maximum Gasteiger partial charge on any atom is 0.148 e. The molecule has 2 rings (SSSR count). The first-order valence-electron chi connectivity index (χ1n) is 7.17. The zero-order valence-electron chi connectivity index (χ0n) is 12.1. The molecule has 0 saturated heterocycles. The number of nitrogens with one attached hydrogen (secondary N) is 2. The molecule has 2 atom stereocenters. The van der Waals surface area contributed by atoms with Crippen LogP contribution in [0.4, 0.5) is 11.6 Å². The van der Waals surface area contributed by atoms with Crippen LogP contribution < -0.4 is 16.6 Å². The molecule has 106 valence electrons. The fourth-order valence-electron chi connectivity index (χ4n) is 2.95. The van der Waals surface area contributed by atoms with E-state index in [4.69, 9.17) is 5.84 Å². The van der Waals surface area contributed by atoms with E-state index in [0.29, 0.717) is 11.7 Å². The zero-order valence-corrected chi connectivity index (χ0v) is 12.1. The minimum Gasteiger partial charge on any atom is -0.369 e. The van der Waals surface area contributed by atoms with E-state index in [-0.39, 0.29) is 0 Å². The van der Waals surface area contributed by atoms with E-state index in [2.05, 4.69) is 41.5 Å². The number of hydrogen-bond acceptors (Lipinski definition) is 5. The van der Waals surface area contributed by atoms with E-state index in [1.165, 1.54) is 19.3 Å². The number of anilines is 2. The van der Waals surface area contributed by atoms with Crippen molar-refractivity contribution < 1.29 is 0 Å². The molecule has 0 bridgehead atoms. The number of rotatable bonds is 5. The molecule has 0 aromatic carbocycles. The lowest BCUT2D eigenvalue weighted by Crippen LogP contribution is -2.17. The quantitative estimate of drug-likeness (QED) is 0.562. The van der Waals surface area contributed by atoms with Gasteiger partial charge in [-0.15, -0.1) is 0 Å². The fraction of sp³-hybridized carbons (Fsp3) is 0.714. The van der Waals surface area contributed by atoms with Crippen LogP contribution in [0.1, 0.15) is 51.5 Å². The summed E-state index contributed by atoms with van der Waals surface area (Å²) in [5.41, 5.74) is 3.73. The predicted molar refractivity (Wildman–Crippen MR) is 78.9 cm³/mol. The molecule has 1 aliphatic carbocycles. The Morgan fingerprint density at radius 3 is 2.63 bits per heavy atom. The van der Waals surface area contributed by atoms with Crippen LogP contribution in [0, 0.1) is 11.8 Å². The van der Waals surface area contributed by atoms with Gasteiger partial charge in [0, 0.05) is 12.1 Å². The largest absolute Gasteiger partial charge is 0.369 e. The third-order valence-electron chi connectivity index (χ3n) is 3.96. The fourth-order valence-corrected chi connectivity index (χ4v) is 2.95.